The molecule has 1 aliphatic rings. The summed E-state index contributed by atoms with van der Waals surface area (Å²) in [7, 11) is 4.41. The zero-order valence-electron chi connectivity index (χ0n) is 13.9. The molecule has 1 aliphatic carbocycles. The fraction of sp³-hybridized carbons (Fsp3) is 0.667. The van der Waals surface area contributed by atoms with E-state index in [1.165, 1.54) is 43.2 Å². The van der Waals surface area contributed by atoms with Crippen LogP contribution in [0, 0.1) is 0 Å². The van der Waals surface area contributed by atoms with Crippen LogP contribution in [0.15, 0.2) is 24.3 Å². The molecule has 0 saturated heterocycles. The number of nitrogens with zero attached hydrogens (tertiary/aromatic N) is 1. The minimum absolute atomic E-state index is 0.191. The zero-order valence-corrected chi connectivity index (χ0v) is 13.9. The lowest BCUT2D eigenvalue weighted by Crippen LogP contribution is -2.62. The lowest BCUT2D eigenvalue weighted by atomic mass is 9.73. The van der Waals surface area contributed by atoms with Crippen LogP contribution in [0.4, 0.5) is 0 Å². The molecule has 2 rings (SSSR count). The van der Waals surface area contributed by atoms with Crippen LogP contribution in [0.2, 0.25) is 0 Å². The van der Waals surface area contributed by atoms with E-state index in [0.717, 1.165) is 12.8 Å². The maximum atomic E-state index is 5.95. The van der Waals surface area contributed by atoms with E-state index in [2.05, 4.69) is 55.6 Å². The average molecular weight is 289 g/mol. The van der Waals surface area contributed by atoms with E-state index in [1.54, 1.807) is 0 Å². The number of aryl methyl sites for hydroxylation is 1. The second kappa shape index (κ2) is 7.39. The quantitative estimate of drug-likeness (QED) is 0.625. The summed E-state index contributed by atoms with van der Waals surface area (Å²) in [5, 5.41) is 0. The topological polar surface area (TPSA) is 41.3 Å². The molecule has 3 nitrogen and oxygen atoms in total. The Balaban J connectivity index is 2.16. The third kappa shape index (κ3) is 3.65. The molecule has 118 valence electrons. The lowest BCUT2D eigenvalue weighted by Gasteiger charge is -2.48. The summed E-state index contributed by atoms with van der Waals surface area (Å²) in [6, 6.07) is 9.31. The van der Waals surface area contributed by atoms with Gasteiger partial charge in [0.2, 0.25) is 0 Å². The molecule has 0 aromatic heterocycles. The fourth-order valence-electron chi connectivity index (χ4n) is 3.82. The van der Waals surface area contributed by atoms with Gasteiger partial charge in [-0.05, 0) is 50.9 Å². The van der Waals surface area contributed by atoms with Crippen LogP contribution in [-0.2, 0) is 12.8 Å². The van der Waals surface area contributed by atoms with Gasteiger partial charge in [-0.1, -0.05) is 50.5 Å². The lowest BCUT2D eigenvalue weighted by molar-refractivity contribution is 0.0569. The van der Waals surface area contributed by atoms with Gasteiger partial charge in [-0.15, -0.1) is 0 Å². The number of hydrogen-bond donors (Lipinski definition) is 2. The SMILES string of the molecule is CCc1ccc(CC(NN)C2(N(C)C)CCCCC2)cc1. The zero-order chi connectivity index (χ0) is 15.3. The van der Waals surface area contributed by atoms with Crippen molar-refractivity contribution in [3.05, 3.63) is 35.4 Å². The van der Waals surface area contributed by atoms with Gasteiger partial charge in [-0.3, -0.25) is 11.3 Å². The van der Waals surface area contributed by atoms with Crippen molar-refractivity contribution in [2.24, 2.45) is 5.84 Å². The largest absolute Gasteiger partial charge is 0.302 e. The number of hydrogen-bond acceptors (Lipinski definition) is 3. The molecule has 1 unspecified atom stereocenters. The molecule has 0 spiro atoms. The molecular weight excluding hydrogens is 258 g/mol. The molecule has 0 heterocycles. The Morgan fingerprint density at radius 2 is 1.67 bits per heavy atom. The molecule has 0 radical (unpaired) electrons. The highest BCUT2D eigenvalue weighted by atomic mass is 15.3. The number of hydrazine groups is 1. The first-order valence-corrected chi connectivity index (χ1v) is 8.33. The molecule has 1 atom stereocenters. The predicted molar refractivity (Wildman–Crippen MR) is 90.1 cm³/mol. The molecule has 1 saturated carbocycles. The van der Waals surface area contributed by atoms with Crippen molar-refractivity contribution in [2.75, 3.05) is 14.1 Å². The van der Waals surface area contributed by atoms with E-state index in [0.29, 0.717) is 6.04 Å². The number of nitrogens with one attached hydrogen (secondary N) is 1. The van der Waals surface area contributed by atoms with Gasteiger partial charge in [0.05, 0.1) is 0 Å². The Labute approximate surface area is 129 Å². The van der Waals surface area contributed by atoms with Crippen LogP contribution in [0.1, 0.15) is 50.2 Å². The maximum absolute atomic E-state index is 5.95. The Morgan fingerprint density at radius 3 is 2.14 bits per heavy atom. The van der Waals surface area contributed by atoms with Gasteiger partial charge in [0.15, 0.2) is 0 Å². The van der Waals surface area contributed by atoms with Gasteiger partial charge < -0.3 is 4.90 Å². The Hall–Kier alpha value is -0.900. The highest BCUT2D eigenvalue weighted by Gasteiger charge is 2.41. The van der Waals surface area contributed by atoms with Gasteiger partial charge in [0.25, 0.3) is 0 Å². The molecule has 0 amide bonds. The van der Waals surface area contributed by atoms with E-state index in [4.69, 9.17) is 5.84 Å². The first-order valence-electron chi connectivity index (χ1n) is 8.33. The summed E-state index contributed by atoms with van der Waals surface area (Å²) in [6.45, 7) is 2.20. The summed E-state index contributed by atoms with van der Waals surface area (Å²) in [5.41, 5.74) is 6.10. The average Bonchev–Trinajstić information content (AvgIpc) is 2.53. The van der Waals surface area contributed by atoms with Crippen molar-refractivity contribution in [3.8, 4) is 0 Å². The van der Waals surface area contributed by atoms with E-state index in [1.807, 2.05) is 0 Å². The number of likely N-dealkylation sites (N-methyl/N-ethyl adjacent to an activating group) is 1. The maximum Gasteiger partial charge on any atom is 0.0434 e. The summed E-state index contributed by atoms with van der Waals surface area (Å²) in [4.78, 5) is 2.40. The second-order valence-corrected chi connectivity index (χ2v) is 6.65. The standard InChI is InChI=1S/C18H31N3/c1-4-15-8-10-16(11-9-15)14-17(20-19)18(21(2)3)12-6-5-7-13-18/h8-11,17,20H,4-7,12-14,19H2,1-3H3. The van der Waals surface area contributed by atoms with Gasteiger partial charge in [0.1, 0.15) is 0 Å². The molecule has 1 aromatic rings. The summed E-state index contributed by atoms with van der Waals surface area (Å²) in [6.07, 6.45) is 8.55. The smallest absolute Gasteiger partial charge is 0.0434 e. The predicted octanol–water partition coefficient (Wildman–Crippen LogP) is 2.89. The molecule has 3 heteroatoms. The van der Waals surface area contributed by atoms with Crippen molar-refractivity contribution < 1.29 is 0 Å². The van der Waals surface area contributed by atoms with Crippen LogP contribution in [0.5, 0.6) is 0 Å². The third-order valence-corrected chi connectivity index (χ3v) is 5.33. The third-order valence-electron chi connectivity index (χ3n) is 5.33. The number of nitrogens with two attached hydrogens (primary N) is 1. The van der Waals surface area contributed by atoms with Crippen LogP contribution < -0.4 is 11.3 Å². The van der Waals surface area contributed by atoms with Crippen LogP contribution in [-0.4, -0.2) is 30.6 Å². The van der Waals surface area contributed by atoms with Crippen LogP contribution in [0.3, 0.4) is 0 Å². The summed E-state index contributed by atoms with van der Waals surface area (Å²) in [5.74, 6) is 5.95. The monoisotopic (exact) mass is 289 g/mol. The Kier molecular flexibility index (Phi) is 5.80. The number of rotatable bonds is 6. The van der Waals surface area contributed by atoms with Gasteiger partial charge in [-0.25, -0.2) is 0 Å². The van der Waals surface area contributed by atoms with E-state index in [9.17, 15) is 0 Å². The molecule has 21 heavy (non-hydrogen) atoms. The number of benzene rings is 1. The Bertz CT molecular complexity index is 419. The van der Waals surface area contributed by atoms with Gasteiger partial charge >= 0.3 is 0 Å². The minimum atomic E-state index is 0.191. The molecule has 1 fully saturated rings. The van der Waals surface area contributed by atoms with E-state index in [-0.39, 0.29) is 5.54 Å². The van der Waals surface area contributed by atoms with Crippen molar-refractivity contribution >= 4 is 0 Å². The first-order chi connectivity index (χ1) is 10.1. The van der Waals surface area contributed by atoms with E-state index < -0.39 is 0 Å². The van der Waals surface area contributed by atoms with Crippen molar-refractivity contribution in [2.45, 2.75) is 63.5 Å². The normalized spacial score (nSPS) is 19.7. The van der Waals surface area contributed by atoms with Crippen molar-refractivity contribution in [1.82, 2.24) is 10.3 Å². The van der Waals surface area contributed by atoms with E-state index >= 15 is 0 Å². The molecule has 0 aliphatic heterocycles. The highest BCUT2D eigenvalue weighted by molar-refractivity contribution is 5.24. The molecular formula is C18H31N3. The highest BCUT2D eigenvalue weighted by Crippen LogP contribution is 2.36. The molecule has 3 N–H and O–H groups in total. The molecule has 0 bridgehead atoms. The minimum Gasteiger partial charge on any atom is -0.302 e. The van der Waals surface area contributed by atoms with Gasteiger partial charge in [-0.2, -0.15) is 0 Å². The first kappa shape index (κ1) is 16.5. The second-order valence-electron chi connectivity index (χ2n) is 6.65. The summed E-state index contributed by atoms with van der Waals surface area (Å²) >= 11 is 0. The Morgan fingerprint density at radius 1 is 1.10 bits per heavy atom. The molecule has 1 aromatic carbocycles. The van der Waals surface area contributed by atoms with Crippen LogP contribution >= 0.6 is 0 Å². The van der Waals surface area contributed by atoms with Gasteiger partial charge in [0, 0.05) is 11.6 Å². The van der Waals surface area contributed by atoms with Crippen LogP contribution in [0.25, 0.3) is 0 Å². The fourth-order valence-corrected chi connectivity index (χ4v) is 3.82. The van der Waals surface area contributed by atoms with Crippen molar-refractivity contribution in [1.29, 1.82) is 0 Å². The summed E-state index contributed by atoms with van der Waals surface area (Å²) < 4.78 is 0. The van der Waals surface area contributed by atoms with Crippen molar-refractivity contribution in [3.63, 3.8) is 0 Å².